The number of β-amino-alcohol motifs (C(OH)–C–C–N with tert-alkyl or cyclic N) is 1. The van der Waals surface area contributed by atoms with Crippen LogP contribution >= 0.6 is 11.6 Å². The molecule has 1 aliphatic heterocycles. The Bertz CT molecular complexity index is 376. The van der Waals surface area contributed by atoms with E-state index in [4.69, 9.17) is 11.6 Å². The van der Waals surface area contributed by atoms with Crippen LogP contribution in [0.3, 0.4) is 0 Å². The van der Waals surface area contributed by atoms with Gasteiger partial charge < -0.3 is 10.0 Å². The second-order valence-electron chi connectivity index (χ2n) is 3.70. The van der Waals surface area contributed by atoms with E-state index in [2.05, 4.69) is 9.97 Å². The maximum Gasteiger partial charge on any atom is 0.224 e. The highest BCUT2D eigenvalue weighted by Crippen LogP contribution is 2.26. The minimum Gasteiger partial charge on any atom is -0.391 e. The number of hydrogen-bond acceptors (Lipinski definition) is 4. The number of nitrogens with zero attached hydrogens (tertiary/aromatic N) is 3. The third kappa shape index (κ3) is 2.03. The SMILES string of the molecule is CC1CC(O)CN1c1nc(Cl)ncc1F. The second kappa shape index (κ2) is 3.90. The first-order valence-electron chi connectivity index (χ1n) is 4.70. The summed E-state index contributed by atoms with van der Waals surface area (Å²) in [6.45, 7) is 2.29. The van der Waals surface area contributed by atoms with Gasteiger partial charge in [-0.3, -0.25) is 0 Å². The zero-order chi connectivity index (χ0) is 11.0. The van der Waals surface area contributed by atoms with E-state index in [9.17, 15) is 9.50 Å². The van der Waals surface area contributed by atoms with Gasteiger partial charge >= 0.3 is 0 Å². The average Bonchev–Trinajstić information content (AvgIpc) is 2.50. The fourth-order valence-corrected chi connectivity index (χ4v) is 1.97. The highest BCUT2D eigenvalue weighted by molar-refractivity contribution is 6.28. The van der Waals surface area contributed by atoms with Crippen LogP contribution in [0.25, 0.3) is 0 Å². The molecule has 0 aliphatic carbocycles. The van der Waals surface area contributed by atoms with Crippen LogP contribution in [0.1, 0.15) is 13.3 Å². The Morgan fingerprint density at radius 1 is 1.67 bits per heavy atom. The van der Waals surface area contributed by atoms with Gasteiger partial charge in [-0.25, -0.2) is 9.37 Å². The van der Waals surface area contributed by atoms with Gasteiger partial charge in [-0.15, -0.1) is 0 Å². The molecule has 0 bridgehead atoms. The van der Waals surface area contributed by atoms with Gasteiger partial charge in [0.2, 0.25) is 5.28 Å². The monoisotopic (exact) mass is 231 g/mol. The molecule has 2 rings (SSSR count). The summed E-state index contributed by atoms with van der Waals surface area (Å²) in [6.07, 6.45) is 1.22. The van der Waals surface area contributed by atoms with Crippen molar-refractivity contribution in [3.8, 4) is 0 Å². The molecule has 4 nitrogen and oxygen atoms in total. The number of hydrogen-bond donors (Lipinski definition) is 1. The van der Waals surface area contributed by atoms with Crippen molar-refractivity contribution in [2.75, 3.05) is 11.4 Å². The third-order valence-electron chi connectivity index (χ3n) is 2.52. The molecule has 2 unspecified atom stereocenters. The Morgan fingerprint density at radius 2 is 2.40 bits per heavy atom. The highest BCUT2D eigenvalue weighted by atomic mass is 35.5. The van der Waals surface area contributed by atoms with Crippen LogP contribution in [0.4, 0.5) is 10.2 Å². The number of halogens is 2. The molecule has 6 heteroatoms. The molecule has 2 atom stereocenters. The summed E-state index contributed by atoms with van der Waals surface area (Å²) in [4.78, 5) is 9.08. The fourth-order valence-electron chi connectivity index (χ4n) is 1.84. The van der Waals surface area contributed by atoms with Crippen LogP contribution in [-0.2, 0) is 0 Å². The molecule has 0 amide bonds. The Morgan fingerprint density at radius 3 is 3.00 bits per heavy atom. The minimum atomic E-state index is -0.514. The van der Waals surface area contributed by atoms with E-state index in [1.807, 2.05) is 6.92 Å². The Kier molecular flexibility index (Phi) is 2.75. The van der Waals surface area contributed by atoms with Gasteiger partial charge in [0.15, 0.2) is 11.6 Å². The summed E-state index contributed by atoms with van der Waals surface area (Å²) in [5, 5.41) is 9.46. The van der Waals surface area contributed by atoms with Gasteiger partial charge in [0.25, 0.3) is 0 Å². The van der Waals surface area contributed by atoms with Gasteiger partial charge in [0.05, 0.1) is 12.3 Å². The Balaban J connectivity index is 2.32. The summed E-state index contributed by atoms with van der Waals surface area (Å²) < 4.78 is 13.4. The molecule has 0 spiro atoms. The van der Waals surface area contributed by atoms with Crippen molar-refractivity contribution in [2.45, 2.75) is 25.5 Å². The van der Waals surface area contributed by atoms with Crippen molar-refractivity contribution < 1.29 is 9.50 Å². The first kappa shape index (κ1) is 10.6. The van der Waals surface area contributed by atoms with Gasteiger partial charge in [-0.2, -0.15) is 4.98 Å². The van der Waals surface area contributed by atoms with E-state index < -0.39 is 11.9 Å². The van der Waals surface area contributed by atoms with E-state index in [1.54, 1.807) is 4.90 Å². The topological polar surface area (TPSA) is 49.2 Å². The quantitative estimate of drug-likeness (QED) is 0.739. The molecule has 1 N–H and O–H groups in total. The van der Waals surface area contributed by atoms with Gasteiger partial charge in [-0.05, 0) is 24.9 Å². The lowest BCUT2D eigenvalue weighted by Gasteiger charge is -2.22. The van der Waals surface area contributed by atoms with Crippen molar-refractivity contribution >= 4 is 17.4 Å². The predicted molar refractivity (Wildman–Crippen MR) is 54.4 cm³/mol. The van der Waals surface area contributed by atoms with Crippen molar-refractivity contribution in [3.05, 3.63) is 17.3 Å². The van der Waals surface area contributed by atoms with E-state index in [0.717, 1.165) is 6.20 Å². The molecule has 82 valence electrons. The molecule has 1 aromatic heterocycles. The largest absolute Gasteiger partial charge is 0.391 e. The number of aliphatic hydroxyl groups excluding tert-OH is 1. The fraction of sp³-hybridized carbons (Fsp3) is 0.556. The van der Waals surface area contributed by atoms with E-state index in [0.29, 0.717) is 13.0 Å². The number of anilines is 1. The molecule has 0 saturated carbocycles. The zero-order valence-corrected chi connectivity index (χ0v) is 8.95. The van der Waals surface area contributed by atoms with Gasteiger partial charge in [0, 0.05) is 12.6 Å². The zero-order valence-electron chi connectivity index (χ0n) is 8.19. The first-order chi connectivity index (χ1) is 7.08. The lowest BCUT2D eigenvalue weighted by atomic mass is 10.2. The molecule has 1 fully saturated rings. The van der Waals surface area contributed by atoms with Crippen LogP contribution in [0.15, 0.2) is 6.20 Å². The van der Waals surface area contributed by atoms with E-state index >= 15 is 0 Å². The van der Waals surface area contributed by atoms with Crippen LogP contribution < -0.4 is 4.90 Å². The Hall–Kier alpha value is -0.940. The molecule has 1 aromatic rings. The number of rotatable bonds is 1. The summed E-state index contributed by atoms with van der Waals surface area (Å²) in [5.74, 6) is -0.348. The normalized spacial score (nSPS) is 26.0. The van der Waals surface area contributed by atoms with Crippen LogP contribution in [0.2, 0.25) is 5.28 Å². The molecule has 15 heavy (non-hydrogen) atoms. The maximum atomic E-state index is 13.4. The average molecular weight is 232 g/mol. The predicted octanol–water partition coefficient (Wildman–Crippen LogP) is 1.23. The molecule has 1 saturated heterocycles. The molecule has 2 heterocycles. The van der Waals surface area contributed by atoms with Crippen molar-refractivity contribution in [2.24, 2.45) is 0 Å². The summed E-state index contributed by atoms with van der Waals surface area (Å²) in [7, 11) is 0. The maximum absolute atomic E-state index is 13.4. The van der Waals surface area contributed by atoms with Gasteiger partial charge in [0.1, 0.15) is 0 Å². The number of aliphatic hydroxyl groups is 1. The smallest absolute Gasteiger partial charge is 0.224 e. The van der Waals surface area contributed by atoms with E-state index in [-0.39, 0.29) is 17.1 Å². The molecule has 0 radical (unpaired) electrons. The third-order valence-corrected chi connectivity index (χ3v) is 2.70. The highest BCUT2D eigenvalue weighted by Gasteiger charge is 2.30. The molecule has 1 aliphatic rings. The van der Waals surface area contributed by atoms with Crippen LogP contribution in [0.5, 0.6) is 0 Å². The van der Waals surface area contributed by atoms with Crippen molar-refractivity contribution in [3.63, 3.8) is 0 Å². The van der Waals surface area contributed by atoms with Crippen LogP contribution in [0, 0.1) is 5.82 Å². The summed E-state index contributed by atoms with van der Waals surface area (Å²) in [5.41, 5.74) is 0. The van der Waals surface area contributed by atoms with Crippen LogP contribution in [-0.4, -0.2) is 33.8 Å². The first-order valence-corrected chi connectivity index (χ1v) is 5.08. The molecular formula is C9H11ClFN3O. The molecule has 0 aromatic carbocycles. The molecular weight excluding hydrogens is 221 g/mol. The van der Waals surface area contributed by atoms with Crippen molar-refractivity contribution in [1.82, 2.24) is 9.97 Å². The second-order valence-corrected chi connectivity index (χ2v) is 4.04. The lowest BCUT2D eigenvalue weighted by molar-refractivity contribution is 0.195. The number of aromatic nitrogens is 2. The van der Waals surface area contributed by atoms with Crippen molar-refractivity contribution in [1.29, 1.82) is 0 Å². The summed E-state index contributed by atoms with van der Waals surface area (Å²) in [6, 6.07) is 0.0560. The lowest BCUT2D eigenvalue weighted by Crippen LogP contribution is -2.29. The summed E-state index contributed by atoms with van der Waals surface area (Å²) >= 11 is 5.60. The van der Waals surface area contributed by atoms with Gasteiger partial charge in [-0.1, -0.05) is 0 Å². The Labute approximate surface area is 91.7 Å². The minimum absolute atomic E-state index is 0.0139. The van der Waals surface area contributed by atoms with E-state index in [1.165, 1.54) is 0 Å². The standard InChI is InChI=1S/C9H11ClFN3O/c1-5-2-6(15)4-14(5)8-7(11)3-12-9(10)13-8/h3,5-6,15H,2,4H2,1H3.